The van der Waals surface area contributed by atoms with Gasteiger partial charge >= 0.3 is 0 Å². The molecule has 4 heteroatoms. The molecule has 17 heavy (non-hydrogen) atoms. The van der Waals surface area contributed by atoms with Gasteiger partial charge in [0.2, 0.25) is 0 Å². The van der Waals surface area contributed by atoms with E-state index in [0.29, 0.717) is 5.02 Å². The molecule has 3 nitrogen and oxygen atoms in total. The van der Waals surface area contributed by atoms with E-state index >= 15 is 0 Å². The molecule has 1 N–H and O–H groups in total. The Morgan fingerprint density at radius 2 is 2.06 bits per heavy atom. The molecule has 0 spiro atoms. The molecule has 1 heterocycles. The third-order valence-electron chi connectivity index (χ3n) is 2.97. The van der Waals surface area contributed by atoms with Gasteiger partial charge in [-0.3, -0.25) is 0 Å². The maximum absolute atomic E-state index is 9.49. The van der Waals surface area contributed by atoms with Crippen LogP contribution in [0.15, 0.2) is 24.5 Å². The van der Waals surface area contributed by atoms with Crippen molar-refractivity contribution in [1.29, 1.82) is 0 Å². The van der Waals surface area contributed by atoms with Crippen molar-refractivity contribution in [1.82, 2.24) is 9.55 Å². The van der Waals surface area contributed by atoms with Crippen LogP contribution in [0.4, 0.5) is 0 Å². The van der Waals surface area contributed by atoms with Crippen molar-refractivity contribution < 1.29 is 5.11 Å². The van der Waals surface area contributed by atoms with Crippen molar-refractivity contribution in [2.24, 2.45) is 0 Å². The molecular formula is C13H15ClN2O. The molecule has 0 radical (unpaired) electrons. The Morgan fingerprint density at radius 3 is 2.53 bits per heavy atom. The highest BCUT2D eigenvalue weighted by molar-refractivity contribution is 6.32. The van der Waals surface area contributed by atoms with E-state index < -0.39 is 6.10 Å². The van der Waals surface area contributed by atoms with Crippen LogP contribution >= 0.6 is 11.6 Å². The molecule has 1 aromatic carbocycles. The summed E-state index contributed by atoms with van der Waals surface area (Å²) in [6.45, 7) is 5.68. The molecule has 0 amide bonds. The molecule has 0 saturated heterocycles. The molecule has 0 aliphatic rings. The summed E-state index contributed by atoms with van der Waals surface area (Å²) < 4.78 is 1.95. The molecule has 0 aliphatic carbocycles. The number of aryl methyl sites for hydroxylation is 1. The van der Waals surface area contributed by atoms with E-state index in [2.05, 4.69) is 4.98 Å². The van der Waals surface area contributed by atoms with Crippen LogP contribution in [0.3, 0.4) is 0 Å². The Balaban J connectivity index is 2.50. The molecule has 90 valence electrons. The van der Waals surface area contributed by atoms with Gasteiger partial charge in [0.15, 0.2) is 0 Å². The van der Waals surface area contributed by atoms with Crippen molar-refractivity contribution >= 4 is 11.6 Å². The Bertz CT molecular complexity index is 546. The number of hydrogen-bond donors (Lipinski definition) is 1. The number of halogens is 1. The van der Waals surface area contributed by atoms with Gasteiger partial charge in [0.05, 0.1) is 28.8 Å². The highest BCUT2D eigenvalue weighted by Gasteiger charge is 2.10. The summed E-state index contributed by atoms with van der Waals surface area (Å²) in [4.78, 5) is 4.25. The molecule has 2 aromatic rings. The monoisotopic (exact) mass is 250 g/mol. The van der Waals surface area contributed by atoms with Gasteiger partial charge in [0.1, 0.15) is 0 Å². The van der Waals surface area contributed by atoms with Crippen molar-refractivity contribution in [3.63, 3.8) is 0 Å². The standard InChI is InChI=1S/C13H15ClN2O/c1-8-9(2)16(7-15-8)13-5-4-11(10(3)17)6-12(13)14/h4-7,10,17H,1-3H3/t10-/m0/s1. The summed E-state index contributed by atoms with van der Waals surface area (Å²) in [6, 6.07) is 5.56. The number of aliphatic hydroxyl groups is 1. The molecule has 0 saturated carbocycles. The first-order chi connectivity index (χ1) is 8.00. The number of hydrogen-bond acceptors (Lipinski definition) is 2. The number of aromatic nitrogens is 2. The topological polar surface area (TPSA) is 38.0 Å². The van der Waals surface area contributed by atoms with Crippen molar-refractivity contribution in [2.75, 3.05) is 0 Å². The maximum Gasteiger partial charge on any atom is 0.0997 e. The Kier molecular flexibility index (Phi) is 3.22. The van der Waals surface area contributed by atoms with E-state index in [1.54, 1.807) is 19.3 Å². The van der Waals surface area contributed by atoms with E-state index in [1.807, 2.05) is 30.5 Å². The Labute approximate surface area is 106 Å². The van der Waals surface area contributed by atoms with Gasteiger partial charge in [-0.15, -0.1) is 0 Å². The second-order valence-electron chi connectivity index (χ2n) is 4.17. The third kappa shape index (κ3) is 2.21. The number of imidazole rings is 1. The molecular weight excluding hydrogens is 236 g/mol. The third-order valence-corrected chi connectivity index (χ3v) is 3.27. The van der Waals surface area contributed by atoms with E-state index in [9.17, 15) is 5.11 Å². The van der Waals surface area contributed by atoms with Crippen molar-refractivity contribution in [2.45, 2.75) is 26.9 Å². The van der Waals surface area contributed by atoms with Gasteiger partial charge in [0.25, 0.3) is 0 Å². The number of aliphatic hydroxyl groups excluding tert-OH is 1. The molecule has 1 aromatic heterocycles. The van der Waals surface area contributed by atoms with Gasteiger partial charge < -0.3 is 9.67 Å². The van der Waals surface area contributed by atoms with Crippen LogP contribution in [0.5, 0.6) is 0 Å². The second kappa shape index (κ2) is 4.51. The summed E-state index contributed by atoms with van der Waals surface area (Å²) in [5.41, 5.74) is 3.75. The van der Waals surface area contributed by atoms with Crippen molar-refractivity contribution in [3.05, 3.63) is 46.5 Å². The van der Waals surface area contributed by atoms with E-state index in [1.165, 1.54) is 0 Å². The van der Waals surface area contributed by atoms with E-state index in [4.69, 9.17) is 11.6 Å². The minimum absolute atomic E-state index is 0.507. The summed E-state index contributed by atoms with van der Waals surface area (Å²) in [5.74, 6) is 0. The Morgan fingerprint density at radius 1 is 1.35 bits per heavy atom. The molecule has 2 rings (SSSR count). The summed E-state index contributed by atoms with van der Waals surface area (Å²) in [6.07, 6.45) is 1.25. The van der Waals surface area contributed by atoms with Crippen molar-refractivity contribution in [3.8, 4) is 5.69 Å². The quantitative estimate of drug-likeness (QED) is 0.889. The summed E-state index contributed by atoms with van der Waals surface area (Å²) in [7, 11) is 0. The average Bonchev–Trinajstić information content (AvgIpc) is 2.60. The first-order valence-corrected chi connectivity index (χ1v) is 5.87. The predicted octanol–water partition coefficient (Wildman–Crippen LogP) is 3.20. The zero-order valence-electron chi connectivity index (χ0n) is 10.1. The molecule has 1 atom stereocenters. The fourth-order valence-corrected chi connectivity index (χ4v) is 2.00. The van der Waals surface area contributed by atoms with Gasteiger partial charge in [-0.2, -0.15) is 0 Å². The van der Waals surface area contributed by atoms with Gasteiger partial charge in [0, 0.05) is 5.69 Å². The van der Waals surface area contributed by atoms with Gasteiger partial charge in [-0.1, -0.05) is 17.7 Å². The van der Waals surface area contributed by atoms with Crippen LogP contribution in [0, 0.1) is 13.8 Å². The van der Waals surface area contributed by atoms with E-state index in [0.717, 1.165) is 22.6 Å². The highest BCUT2D eigenvalue weighted by atomic mass is 35.5. The fourth-order valence-electron chi connectivity index (χ4n) is 1.72. The smallest absolute Gasteiger partial charge is 0.0997 e. The van der Waals surface area contributed by atoms with Crippen LogP contribution in [0.25, 0.3) is 5.69 Å². The fraction of sp³-hybridized carbons (Fsp3) is 0.308. The first kappa shape index (κ1) is 12.1. The van der Waals surface area contributed by atoms with Gasteiger partial charge in [-0.25, -0.2) is 4.98 Å². The van der Waals surface area contributed by atoms with Crippen LogP contribution in [-0.4, -0.2) is 14.7 Å². The molecule has 0 fully saturated rings. The molecule has 0 bridgehead atoms. The number of nitrogens with zero attached hydrogens (tertiary/aromatic N) is 2. The zero-order chi connectivity index (χ0) is 12.6. The minimum Gasteiger partial charge on any atom is -0.389 e. The summed E-state index contributed by atoms with van der Waals surface area (Å²) >= 11 is 6.23. The van der Waals surface area contributed by atoms with Gasteiger partial charge in [-0.05, 0) is 38.5 Å². The number of benzene rings is 1. The van der Waals surface area contributed by atoms with Crippen LogP contribution in [-0.2, 0) is 0 Å². The zero-order valence-corrected chi connectivity index (χ0v) is 10.9. The lowest BCUT2D eigenvalue weighted by atomic mass is 10.1. The average molecular weight is 251 g/mol. The molecule has 0 aliphatic heterocycles. The van der Waals surface area contributed by atoms with Crippen LogP contribution in [0.2, 0.25) is 5.02 Å². The lowest BCUT2D eigenvalue weighted by Crippen LogP contribution is -1.98. The Hall–Kier alpha value is -1.32. The lowest BCUT2D eigenvalue weighted by Gasteiger charge is -2.11. The van der Waals surface area contributed by atoms with Crippen LogP contribution < -0.4 is 0 Å². The second-order valence-corrected chi connectivity index (χ2v) is 4.58. The lowest BCUT2D eigenvalue weighted by molar-refractivity contribution is 0.199. The predicted molar refractivity (Wildman–Crippen MR) is 68.7 cm³/mol. The maximum atomic E-state index is 9.49. The molecule has 0 unspecified atom stereocenters. The largest absolute Gasteiger partial charge is 0.389 e. The minimum atomic E-state index is -0.507. The SMILES string of the molecule is Cc1ncn(-c2ccc([C@H](C)O)cc2Cl)c1C. The summed E-state index contributed by atoms with van der Waals surface area (Å²) in [5, 5.41) is 10.1. The first-order valence-electron chi connectivity index (χ1n) is 5.49. The van der Waals surface area contributed by atoms with Crippen LogP contribution in [0.1, 0.15) is 30.0 Å². The normalized spacial score (nSPS) is 12.8. The highest BCUT2D eigenvalue weighted by Crippen LogP contribution is 2.26. The van der Waals surface area contributed by atoms with E-state index in [-0.39, 0.29) is 0 Å². The number of rotatable bonds is 2.